The molecule has 8 heteroatoms. The van der Waals surface area contributed by atoms with Gasteiger partial charge in [-0.15, -0.1) is 0 Å². The Balaban J connectivity index is 1.33. The molecule has 2 fully saturated rings. The SMILES string of the molecule is COc1ncnc2c(C3NC(C=Cc4ccccc4)C4OC(C)(C)OC34)cn(COCc3ccccc3)c12. The Labute approximate surface area is 222 Å². The third-order valence-electron chi connectivity index (χ3n) is 7.03. The number of fused-ring (bicyclic) bond motifs is 2. The highest BCUT2D eigenvalue weighted by molar-refractivity contribution is 5.84. The second kappa shape index (κ2) is 10.3. The van der Waals surface area contributed by atoms with Crippen molar-refractivity contribution in [3.05, 3.63) is 96.0 Å². The third kappa shape index (κ3) is 4.83. The Morgan fingerprint density at radius 2 is 1.74 bits per heavy atom. The van der Waals surface area contributed by atoms with Gasteiger partial charge in [0.15, 0.2) is 5.79 Å². The van der Waals surface area contributed by atoms with E-state index in [9.17, 15) is 0 Å². The van der Waals surface area contributed by atoms with Crippen LogP contribution in [0.2, 0.25) is 0 Å². The lowest BCUT2D eigenvalue weighted by atomic mass is 10.0. The van der Waals surface area contributed by atoms with E-state index in [1.165, 1.54) is 6.33 Å². The highest BCUT2D eigenvalue weighted by Gasteiger charge is 2.54. The fraction of sp³-hybridized carbons (Fsp3) is 0.333. The zero-order valence-corrected chi connectivity index (χ0v) is 21.8. The second-order valence-corrected chi connectivity index (χ2v) is 10.1. The molecule has 0 saturated carbocycles. The van der Waals surface area contributed by atoms with E-state index in [-0.39, 0.29) is 24.3 Å². The van der Waals surface area contributed by atoms with E-state index >= 15 is 0 Å². The Kier molecular flexibility index (Phi) is 6.71. The molecule has 2 aromatic carbocycles. The molecular weight excluding hydrogens is 480 g/mol. The van der Waals surface area contributed by atoms with Crippen molar-refractivity contribution >= 4 is 17.1 Å². The van der Waals surface area contributed by atoms with Gasteiger partial charge in [-0.3, -0.25) is 5.32 Å². The quantitative estimate of drug-likeness (QED) is 0.361. The highest BCUT2D eigenvalue weighted by atomic mass is 16.8. The van der Waals surface area contributed by atoms with E-state index in [0.717, 1.165) is 27.7 Å². The van der Waals surface area contributed by atoms with Gasteiger partial charge >= 0.3 is 0 Å². The third-order valence-corrected chi connectivity index (χ3v) is 7.03. The second-order valence-electron chi connectivity index (χ2n) is 10.1. The number of aromatic nitrogens is 3. The summed E-state index contributed by atoms with van der Waals surface area (Å²) >= 11 is 0. The van der Waals surface area contributed by atoms with Crippen molar-refractivity contribution in [1.82, 2.24) is 19.9 Å². The lowest BCUT2D eigenvalue weighted by molar-refractivity contribution is -0.155. The summed E-state index contributed by atoms with van der Waals surface area (Å²) in [5, 5.41) is 3.75. The van der Waals surface area contributed by atoms with Gasteiger partial charge in [-0.25, -0.2) is 4.98 Å². The first-order valence-corrected chi connectivity index (χ1v) is 12.9. The van der Waals surface area contributed by atoms with Crippen LogP contribution < -0.4 is 10.1 Å². The van der Waals surface area contributed by atoms with Crippen LogP contribution in [0.5, 0.6) is 5.88 Å². The number of rotatable bonds is 8. The fourth-order valence-electron chi connectivity index (χ4n) is 5.40. The number of hydrogen-bond donors (Lipinski definition) is 1. The Morgan fingerprint density at radius 3 is 2.50 bits per heavy atom. The van der Waals surface area contributed by atoms with E-state index in [1.807, 2.05) is 66.9 Å². The van der Waals surface area contributed by atoms with Crippen LogP contribution in [0, 0.1) is 0 Å². The van der Waals surface area contributed by atoms with E-state index in [4.69, 9.17) is 18.9 Å². The summed E-state index contributed by atoms with van der Waals surface area (Å²) in [6, 6.07) is 20.2. The first kappa shape index (κ1) is 24.8. The first-order chi connectivity index (χ1) is 18.5. The van der Waals surface area contributed by atoms with Crippen molar-refractivity contribution in [2.24, 2.45) is 0 Å². The number of methoxy groups -OCH3 is 1. The molecule has 2 saturated heterocycles. The molecule has 1 N–H and O–H groups in total. The monoisotopic (exact) mass is 512 g/mol. The maximum Gasteiger partial charge on any atom is 0.241 e. The molecule has 0 amide bonds. The Bertz CT molecular complexity index is 1420. The number of nitrogens with zero attached hydrogens (tertiary/aromatic N) is 3. The predicted molar refractivity (Wildman–Crippen MR) is 144 cm³/mol. The molecule has 8 nitrogen and oxygen atoms in total. The molecule has 0 bridgehead atoms. The van der Waals surface area contributed by atoms with Crippen molar-refractivity contribution in [2.45, 2.75) is 57.3 Å². The van der Waals surface area contributed by atoms with Crippen LogP contribution in [0.25, 0.3) is 17.1 Å². The summed E-state index contributed by atoms with van der Waals surface area (Å²) in [5.41, 5.74) is 4.84. The van der Waals surface area contributed by atoms with Crippen molar-refractivity contribution in [3.63, 3.8) is 0 Å². The summed E-state index contributed by atoms with van der Waals surface area (Å²) < 4.78 is 26.5. The molecular formula is C30H32N4O4. The average molecular weight is 513 g/mol. The standard InChI is InChI=1S/C30H32N4O4/c1-30(2)37-27-23(15-14-20-10-6-4-7-11-20)33-25(28(27)38-30)22-16-34(19-36-17-21-12-8-5-9-13-21)26-24(22)31-18-32-29(26)35-3/h4-16,18,23,25,27-28,33H,17,19H2,1-3H3. The van der Waals surface area contributed by atoms with Crippen LogP contribution in [-0.4, -0.2) is 45.7 Å². The molecule has 38 heavy (non-hydrogen) atoms. The van der Waals surface area contributed by atoms with Gasteiger partial charge in [-0.2, -0.15) is 4.98 Å². The van der Waals surface area contributed by atoms with Gasteiger partial charge in [0.25, 0.3) is 0 Å². The summed E-state index contributed by atoms with van der Waals surface area (Å²) in [5.74, 6) is -0.179. The molecule has 4 aromatic rings. The molecule has 196 valence electrons. The lowest BCUT2D eigenvalue weighted by Crippen LogP contribution is -2.34. The summed E-state index contributed by atoms with van der Waals surface area (Å²) in [6.45, 7) is 4.75. The van der Waals surface area contributed by atoms with Crippen molar-refractivity contribution in [1.29, 1.82) is 0 Å². The maximum absolute atomic E-state index is 6.44. The number of nitrogens with one attached hydrogen (secondary N) is 1. The molecule has 0 spiro atoms. The minimum Gasteiger partial charge on any atom is -0.479 e. The van der Waals surface area contributed by atoms with Gasteiger partial charge in [0.05, 0.1) is 25.8 Å². The number of ether oxygens (including phenoxy) is 4. The summed E-state index contributed by atoms with van der Waals surface area (Å²) in [6.07, 6.45) is 7.55. The number of hydrogen-bond acceptors (Lipinski definition) is 7. The highest BCUT2D eigenvalue weighted by Crippen LogP contribution is 2.44. The molecule has 4 unspecified atom stereocenters. The fourth-order valence-corrected chi connectivity index (χ4v) is 5.40. The maximum atomic E-state index is 6.44. The Hall–Kier alpha value is -3.56. The lowest BCUT2D eigenvalue weighted by Gasteiger charge is -2.23. The summed E-state index contributed by atoms with van der Waals surface area (Å²) in [7, 11) is 1.62. The van der Waals surface area contributed by atoms with Crippen LogP contribution in [0.15, 0.2) is 79.3 Å². The summed E-state index contributed by atoms with van der Waals surface area (Å²) in [4.78, 5) is 9.03. The largest absolute Gasteiger partial charge is 0.479 e. The van der Waals surface area contributed by atoms with Crippen LogP contribution in [0.1, 0.15) is 36.6 Å². The van der Waals surface area contributed by atoms with Gasteiger partial charge in [-0.05, 0) is 25.0 Å². The zero-order chi connectivity index (χ0) is 26.1. The first-order valence-electron chi connectivity index (χ1n) is 12.9. The van der Waals surface area contributed by atoms with Gasteiger partial charge in [0.1, 0.15) is 36.3 Å². The van der Waals surface area contributed by atoms with Crippen LogP contribution >= 0.6 is 0 Å². The van der Waals surface area contributed by atoms with E-state index in [1.54, 1.807) is 7.11 Å². The van der Waals surface area contributed by atoms with Gasteiger partial charge < -0.3 is 23.5 Å². The minimum absolute atomic E-state index is 0.0385. The van der Waals surface area contributed by atoms with Crippen molar-refractivity contribution in [3.8, 4) is 5.88 Å². The molecule has 2 aliphatic rings. The normalized spacial score (nSPS) is 24.3. The number of benzene rings is 2. The molecule has 0 radical (unpaired) electrons. The van der Waals surface area contributed by atoms with Gasteiger partial charge in [-0.1, -0.05) is 72.8 Å². The van der Waals surface area contributed by atoms with Gasteiger partial charge in [0.2, 0.25) is 5.88 Å². The molecule has 0 aliphatic carbocycles. The molecule has 2 aliphatic heterocycles. The van der Waals surface area contributed by atoms with Gasteiger partial charge in [0, 0.05) is 11.8 Å². The minimum atomic E-state index is -0.682. The van der Waals surface area contributed by atoms with Crippen molar-refractivity contribution < 1.29 is 18.9 Å². The Morgan fingerprint density at radius 1 is 1.00 bits per heavy atom. The molecule has 6 rings (SSSR count). The predicted octanol–water partition coefficient (Wildman–Crippen LogP) is 4.86. The molecule has 2 aromatic heterocycles. The van der Waals surface area contributed by atoms with E-state index in [2.05, 4.69) is 45.8 Å². The molecule has 4 heterocycles. The smallest absolute Gasteiger partial charge is 0.241 e. The average Bonchev–Trinajstić information content (AvgIpc) is 3.57. The van der Waals surface area contributed by atoms with Crippen molar-refractivity contribution in [2.75, 3.05) is 7.11 Å². The van der Waals surface area contributed by atoms with E-state index < -0.39 is 5.79 Å². The zero-order valence-electron chi connectivity index (χ0n) is 21.8. The topological polar surface area (TPSA) is 79.7 Å². The van der Waals surface area contributed by atoms with Crippen LogP contribution in [0.3, 0.4) is 0 Å². The van der Waals surface area contributed by atoms with Crippen LogP contribution in [-0.2, 0) is 27.5 Å². The molecule has 4 atom stereocenters. The van der Waals surface area contributed by atoms with Crippen LogP contribution in [0.4, 0.5) is 0 Å². The van der Waals surface area contributed by atoms with E-state index in [0.29, 0.717) is 19.2 Å².